The van der Waals surface area contributed by atoms with Gasteiger partial charge in [0, 0.05) is 38.6 Å². The molecule has 2 amide bonds. The number of halogens is 1. The van der Waals surface area contributed by atoms with Gasteiger partial charge in [0.05, 0.1) is 11.1 Å². The van der Waals surface area contributed by atoms with Gasteiger partial charge in [0.15, 0.2) is 0 Å². The van der Waals surface area contributed by atoms with Crippen LogP contribution in [0.2, 0.25) is 0 Å². The Morgan fingerprint density at radius 1 is 1.41 bits per heavy atom. The van der Waals surface area contributed by atoms with Crippen LogP contribution in [0.5, 0.6) is 0 Å². The molecule has 29 heavy (non-hydrogen) atoms. The average molecular weight is 398 g/mol. The molecule has 1 atom stereocenters. The molecule has 0 unspecified atom stereocenters. The smallest absolute Gasteiger partial charge is 0.251 e. The first kappa shape index (κ1) is 20.4. The predicted octanol–water partition coefficient (Wildman–Crippen LogP) is 2.55. The Bertz CT molecular complexity index is 964. The van der Waals surface area contributed by atoms with E-state index in [9.17, 15) is 14.0 Å². The van der Waals surface area contributed by atoms with Crippen LogP contribution in [0.25, 0.3) is 0 Å². The van der Waals surface area contributed by atoms with Crippen LogP contribution < -0.4 is 15.5 Å². The van der Waals surface area contributed by atoms with E-state index in [-0.39, 0.29) is 29.0 Å². The average Bonchev–Trinajstić information content (AvgIpc) is 3.06. The number of aliphatic imine (C=N–C) groups is 1. The molecule has 152 valence electrons. The normalized spacial score (nSPS) is 19.0. The third kappa shape index (κ3) is 3.94. The number of benzene rings is 1. The Labute approximate surface area is 168 Å². The number of rotatable bonds is 6. The largest absolute Gasteiger partial charge is 0.355 e. The van der Waals surface area contributed by atoms with Crippen molar-refractivity contribution in [1.82, 2.24) is 15.3 Å². The lowest BCUT2D eigenvalue weighted by molar-refractivity contribution is -0.122. The van der Waals surface area contributed by atoms with Crippen LogP contribution in [-0.4, -0.2) is 48.6 Å². The van der Waals surface area contributed by atoms with Crippen molar-refractivity contribution in [2.75, 3.05) is 30.9 Å². The summed E-state index contributed by atoms with van der Waals surface area (Å²) >= 11 is 0. The van der Waals surface area contributed by atoms with Crippen LogP contribution in [-0.2, 0) is 4.79 Å². The van der Waals surface area contributed by atoms with Crippen molar-refractivity contribution in [3.63, 3.8) is 0 Å². The zero-order valence-corrected chi connectivity index (χ0v) is 16.6. The summed E-state index contributed by atoms with van der Waals surface area (Å²) in [6.07, 6.45) is 4.52. The summed E-state index contributed by atoms with van der Waals surface area (Å²) in [6.45, 7) is 2.48. The summed E-state index contributed by atoms with van der Waals surface area (Å²) in [5, 5.41) is 5.25. The molecule has 3 rings (SSSR count). The van der Waals surface area contributed by atoms with Gasteiger partial charge in [-0.25, -0.2) is 9.37 Å². The second-order valence-corrected chi connectivity index (χ2v) is 6.74. The zero-order chi connectivity index (χ0) is 21.0. The topological polar surface area (TPSA) is 99.6 Å². The van der Waals surface area contributed by atoms with E-state index in [0.717, 1.165) is 6.07 Å². The summed E-state index contributed by atoms with van der Waals surface area (Å²) in [4.78, 5) is 38.7. The Hall–Kier alpha value is -3.36. The van der Waals surface area contributed by atoms with Gasteiger partial charge in [-0.05, 0) is 37.1 Å². The SMILES string of the molecule is CC[C@]1(C=NC)CCN(c2ccnc(Nc3ccc(C(=O)NC)cc3F)n2)C1=O. The second-order valence-electron chi connectivity index (χ2n) is 6.74. The van der Waals surface area contributed by atoms with Crippen LogP contribution in [0, 0.1) is 11.2 Å². The van der Waals surface area contributed by atoms with Gasteiger partial charge in [0.2, 0.25) is 11.9 Å². The molecule has 8 nitrogen and oxygen atoms in total. The van der Waals surface area contributed by atoms with Crippen LogP contribution in [0.3, 0.4) is 0 Å². The number of amides is 2. The van der Waals surface area contributed by atoms with Gasteiger partial charge in [0.25, 0.3) is 5.91 Å². The third-order valence-corrected chi connectivity index (χ3v) is 5.08. The van der Waals surface area contributed by atoms with Crippen LogP contribution in [0.1, 0.15) is 30.1 Å². The maximum atomic E-state index is 14.4. The van der Waals surface area contributed by atoms with Crippen molar-refractivity contribution in [2.45, 2.75) is 19.8 Å². The Morgan fingerprint density at radius 2 is 2.21 bits per heavy atom. The molecule has 9 heteroatoms. The van der Waals surface area contributed by atoms with Crippen molar-refractivity contribution in [2.24, 2.45) is 10.4 Å². The molecule has 0 spiro atoms. The maximum Gasteiger partial charge on any atom is 0.251 e. The first-order valence-corrected chi connectivity index (χ1v) is 9.31. The van der Waals surface area contributed by atoms with E-state index in [4.69, 9.17) is 0 Å². The molecule has 1 aliphatic heterocycles. The highest BCUT2D eigenvalue weighted by Crippen LogP contribution is 2.36. The molecule has 1 aromatic heterocycles. The maximum absolute atomic E-state index is 14.4. The van der Waals surface area contributed by atoms with E-state index < -0.39 is 11.2 Å². The van der Waals surface area contributed by atoms with Gasteiger partial charge in [0.1, 0.15) is 11.6 Å². The van der Waals surface area contributed by atoms with Crippen molar-refractivity contribution in [1.29, 1.82) is 0 Å². The molecule has 1 aliphatic rings. The van der Waals surface area contributed by atoms with Crippen molar-refractivity contribution < 1.29 is 14.0 Å². The van der Waals surface area contributed by atoms with E-state index in [1.165, 1.54) is 25.4 Å². The minimum absolute atomic E-state index is 0.0589. The number of carbonyl (C=O) groups is 2. The van der Waals surface area contributed by atoms with E-state index in [2.05, 4.69) is 25.6 Å². The Balaban J connectivity index is 1.82. The minimum Gasteiger partial charge on any atom is -0.355 e. The summed E-state index contributed by atoms with van der Waals surface area (Å²) in [6, 6.07) is 5.71. The number of hydrogen-bond acceptors (Lipinski definition) is 6. The van der Waals surface area contributed by atoms with Crippen LogP contribution in [0.15, 0.2) is 35.5 Å². The summed E-state index contributed by atoms with van der Waals surface area (Å²) in [7, 11) is 3.13. The van der Waals surface area contributed by atoms with Crippen molar-refractivity contribution in [3.05, 3.63) is 41.8 Å². The zero-order valence-electron chi connectivity index (χ0n) is 16.6. The standard InChI is InChI=1S/C20H23FN6O2/c1-4-20(12-22-2)8-10-27(18(20)29)16-7-9-24-19(26-16)25-15-6-5-13(11-14(15)21)17(28)23-3/h5-7,9,11-12H,4,8,10H2,1-3H3,(H,23,28)(H,24,25,26)/t20-/m1/s1. The molecular weight excluding hydrogens is 375 g/mol. The third-order valence-electron chi connectivity index (χ3n) is 5.08. The number of nitrogens with zero attached hydrogens (tertiary/aromatic N) is 4. The summed E-state index contributed by atoms with van der Waals surface area (Å²) < 4.78 is 14.4. The summed E-state index contributed by atoms with van der Waals surface area (Å²) in [5.41, 5.74) is -0.278. The van der Waals surface area contributed by atoms with Gasteiger partial charge in [-0.3, -0.25) is 19.5 Å². The monoisotopic (exact) mass is 398 g/mol. The fraction of sp³-hybridized carbons (Fsp3) is 0.350. The lowest BCUT2D eigenvalue weighted by atomic mass is 9.85. The highest BCUT2D eigenvalue weighted by atomic mass is 19.1. The van der Waals surface area contributed by atoms with Gasteiger partial charge < -0.3 is 10.6 Å². The molecule has 2 heterocycles. The predicted molar refractivity (Wildman–Crippen MR) is 109 cm³/mol. The second kappa shape index (κ2) is 8.34. The lowest BCUT2D eigenvalue weighted by Crippen LogP contribution is -2.35. The number of anilines is 3. The van der Waals surface area contributed by atoms with E-state index in [1.54, 1.807) is 24.2 Å². The molecule has 1 fully saturated rings. The molecule has 1 aromatic carbocycles. The fourth-order valence-electron chi connectivity index (χ4n) is 3.38. The lowest BCUT2D eigenvalue weighted by Gasteiger charge is -2.22. The Morgan fingerprint density at radius 3 is 2.86 bits per heavy atom. The Kier molecular flexibility index (Phi) is 5.86. The van der Waals surface area contributed by atoms with E-state index in [1.807, 2.05) is 6.92 Å². The fourth-order valence-corrected chi connectivity index (χ4v) is 3.38. The quantitative estimate of drug-likeness (QED) is 0.729. The number of nitrogens with one attached hydrogen (secondary N) is 2. The van der Waals surface area contributed by atoms with Gasteiger partial charge in [-0.1, -0.05) is 6.92 Å². The first-order chi connectivity index (χ1) is 13.9. The van der Waals surface area contributed by atoms with E-state index in [0.29, 0.717) is 25.2 Å². The highest BCUT2D eigenvalue weighted by molar-refractivity contribution is 6.09. The molecule has 0 aliphatic carbocycles. The molecule has 0 bridgehead atoms. The van der Waals surface area contributed by atoms with Gasteiger partial charge in [-0.15, -0.1) is 0 Å². The van der Waals surface area contributed by atoms with Crippen LogP contribution in [0.4, 0.5) is 21.8 Å². The molecule has 0 saturated carbocycles. The number of aromatic nitrogens is 2. The molecule has 1 saturated heterocycles. The van der Waals surface area contributed by atoms with Gasteiger partial charge >= 0.3 is 0 Å². The molecule has 2 N–H and O–H groups in total. The first-order valence-electron chi connectivity index (χ1n) is 9.31. The summed E-state index contributed by atoms with van der Waals surface area (Å²) in [5.74, 6) is -0.455. The van der Waals surface area contributed by atoms with Crippen molar-refractivity contribution in [3.8, 4) is 0 Å². The molecular formula is C20H23FN6O2. The highest BCUT2D eigenvalue weighted by Gasteiger charge is 2.45. The molecule has 0 radical (unpaired) electrons. The molecule has 2 aromatic rings. The number of carbonyl (C=O) groups excluding carboxylic acids is 2. The van der Waals surface area contributed by atoms with Crippen LogP contribution >= 0.6 is 0 Å². The van der Waals surface area contributed by atoms with Crippen molar-refractivity contribution >= 4 is 35.5 Å². The van der Waals surface area contributed by atoms with Gasteiger partial charge in [-0.2, -0.15) is 4.98 Å². The minimum atomic E-state index is -0.616. The number of hydrogen-bond donors (Lipinski definition) is 2. The van der Waals surface area contributed by atoms with E-state index >= 15 is 0 Å².